The van der Waals surface area contributed by atoms with Gasteiger partial charge in [0.2, 0.25) is 0 Å². The van der Waals surface area contributed by atoms with Gasteiger partial charge in [-0.25, -0.2) is 4.79 Å². The lowest BCUT2D eigenvalue weighted by Crippen LogP contribution is -2.21. The van der Waals surface area contributed by atoms with E-state index in [-0.39, 0.29) is 5.75 Å². The lowest BCUT2D eigenvalue weighted by molar-refractivity contribution is 0.203. The van der Waals surface area contributed by atoms with Gasteiger partial charge in [-0.1, -0.05) is 12.1 Å². The number of rotatable bonds is 3. The van der Waals surface area contributed by atoms with E-state index in [9.17, 15) is 9.90 Å². The second-order valence-electron chi connectivity index (χ2n) is 4.40. The highest BCUT2D eigenvalue weighted by Crippen LogP contribution is 2.24. The maximum atomic E-state index is 11.1. The molecule has 0 fully saturated rings. The Balaban J connectivity index is 2.18. The van der Waals surface area contributed by atoms with Crippen LogP contribution < -0.4 is 10.1 Å². The van der Waals surface area contributed by atoms with Gasteiger partial charge in [0.1, 0.15) is 11.5 Å². The van der Waals surface area contributed by atoms with Gasteiger partial charge in [-0.3, -0.25) is 4.99 Å². The van der Waals surface area contributed by atoms with E-state index in [1.807, 2.05) is 13.0 Å². The Morgan fingerprint density at radius 3 is 2.71 bits per heavy atom. The summed E-state index contributed by atoms with van der Waals surface area (Å²) in [5, 5.41) is 12.1. The van der Waals surface area contributed by atoms with E-state index in [0.29, 0.717) is 11.3 Å². The first-order valence-corrected chi connectivity index (χ1v) is 6.42. The number of carbonyl (C=O) groups is 1. The van der Waals surface area contributed by atoms with Gasteiger partial charge >= 0.3 is 6.09 Å². The van der Waals surface area contributed by atoms with Crippen LogP contribution in [0.5, 0.6) is 11.5 Å². The Hall–Kier alpha value is -2.82. The van der Waals surface area contributed by atoms with Crippen molar-refractivity contribution < 1.29 is 14.6 Å². The summed E-state index contributed by atoms with van der Waals surface area (Å²) in [7, 11) is 1.50. The summed E-state index contributed by atoms with van der Waals surface area (Å²) in [5.74, 6) is 0.631. The molecule has 5 heteroatoms. The Labute approximate surface area is 122 Å². The molecule has 2 rings (SSSR count). The molecule has 0 unspecified atom stereocenters. The second kappa shape index (κ2) is 6.56. The van der Waals surface area contributed by atoms with Gasteiger partial charge in [0, 0.05) is 18.8 Å². The van der Waals surface area contributed by atoms with E-state index < -0.39 is 6.09 Å². The SMILES string of the molecule is CNC(=O)Oc1ccc(/N=C/c2ccccc2O)c(C)c1. The minimum absolute atomic E-state index is 0.179. The standard InChI is InChI=1S/C16H16N2O3/c1-11-9-13(21-16(20)17-2)7-8-14(11)18-10-12-5-3-4-6-15(12)19/h3-10,19H,1-2H3,(H,17,20)/b18-10+. The van der Waals surface area contributed by atoms with E-state index in [0.717, 1.165) is 11.3 Å². The number of aromatic hydroxyl groups is 1. The number of amides is 1. The van der Waals surface area contributed by atoms with E-state index in [1.165, 1.54) is 7.05 Å². The summed E-state index contributed by atoms with van der Waals surface area (Å²) in [6.45, 7) is 1.87. The summed E-state index contributed by atoms with van der Waals surface area (Å²) in [4.78, 5) is 15.5. The van der Waals surface area contributed by atoms with Crippen LogP contribution >= 0.6 is 0 Å². The number of hydrogen-bond acceptors (Lipinski definition) is 4. The number of carbonyl (C=O) groups excluding carboxylic acids is 1. The Bertz CT molecular complexity index is 681. The fourth-order valence-corrected chi connectivity index (χ4v) is 1.73. The summed E-state index contributed by atoms with van der Waals surface area (Å²) in [6, 6.07) is 12.1. The van der Waals surface area contributed by atoms with Gasteiger partial charge in [-0.15, -0.1) is 0 Å². The van der Waals surface area contributed by atoms with Gasteiger partial charge in [-0.05, 0) is 42.8 Å². The second-order valence-corrected chi connectivity index (χ2v) is 4.40. The lowest BCUT2D eigenvalue weighted by Gasteiger charge is -2.06. The summed E-state index contributed by atoms with van der Waals surface area (Å²) < 4.78 is 5.04. The molecule has 21 heavy (non-hydrogen) atoms. The van der Waals surface area contributed by atoms with Crippen molar-refractivity contribution in [2.24, 2.45) is 4.99 Å². The third-order valence-corrected chi connectivity index (χ3v) is 2.86. The molecule has 108 valence electrons. The van der Waals surface area contributed by atoms with Crippen LogP contribution in [0.3, 0.4) is 0 Å². The van der Waals surface area contributed by atoms with E-state index in [2.05, 4.69) is 10.3 Å². The first-order valence-electron chi connectivity index (χ1n) is 6.42. The van der Waals surface area contributed by atoms with E-state index >= 15 is 0 Å². The maximum Gasteiger partial charge on any atom is 0.412 e. The molecule has 0 radical (unpaired) electrons. The number of ether oxygens (including phenoxy) is 1. The van der Waals surface area contributed by atoms with Crippen molar-refractivity contribution in [1.82, 2.24) is 5.32 Å². The summed E-state index contributed by atoms with van der Waals surface area (Å²) in [5.41, 5.74) is 2.24. The fourth-order valence-electron chi connectivity index (χ4n) is 1.73. The van der Waals surface area contributed by atoms with Gasteiger partial charge in [0.05, 0.1) is 5.69 Å². The number of nitrogens with one attached hydrogen (secondary N) is 1. The maximum absolute atomic E-state index is 11.1. The van der Waals surface area contributed by atoms with Crippen molar-refractivity contribution in [1.29, 1.82) is 0 Å². The molecule has 0 spiro atoms. The molecule has 2 aromatic carbocycles. The van der Waals surface area contributed by atoms with Gasteiger partial charge < -0.3 is 15.2 Å². The van der Waals surface area contributed by atoms with E-state index in [1.54, 1.807) is 42.6 Å². The zero-order valence-corrected chi connectivity index (χ0v) is 11.8. The number of para-hydroxylation sites is 1. The van der Waals surface area contributed by atoms with Crippen LogP contribution in [0.1, 0.15) is 11.1 Å². The zero-order valence-electron chi connectivity index (χ0n) is 11.8. The number of phenolic OH excluding ortho intramolecular Hbond substituents is 1. The molecule has 1 amide bonds. The predicted molar refractivity (Wildman–Crippen MR) is 81.6 cm³/mol. The van der Waals surface area contributed by atoms with E-state index in [4.69, 9.17) is 4.74 Å². The summed E-state index contributed by atoms with van der Waals surface area (Å²) in [6.07, 6.45) is 1.08. The fraction of sp³-hybridized carbons (Fsp3) is 0.125. The molecule has 2 N–H and O–H groups in total. The highest BCUT2D eigenvalue weighted by atomic mass is 16.5. The van der Waals surface area contributed by atoms with Crippen LogP contribution in [0.25, 0.3) is 0 Å². The Kier molecular flexibility index (Phi) is 4.56. The largest absolute Gasteiger partial charge is 0.507 e. The van der Waals surface area contributed by atoms with Crippen LogP contribution in [0.4, 0.5) is 10.5 Å². The highest BCUT2D eigenvalue weighted by Gasteiger charge is 2.04. The lowest BCUT2D eigenvalue weighted by atomic mass is 10.2. The topological polar surface area (TPSA) is 70.9 Å². The molecule has 2 aromatic rings. The molecule has 0 saturated carbocycles. The molecule has 0 saturated heterocycles. The number of phenols is 1. The number of benzene rings is 2. The van der Waals surface area contributed by atoms with Gasteiger partial charge in [0.15, 0.2) is 0 Å². The van der Waals surface area contributed by atoms with Crippen molar-refractivity contribution in [3.8, 4) is 11.5 Å². The normalized spacial score (nSPS) is 10.6. The monoisotopic (exact) mass is 284 g/mol. The first kappa shape index (κ1) is 14.6. The zero-order chi connectivity index (χ0) is 15.2. The number of hydrogen-bond donors (Lipinski definition) is 2. The van der Waals surface area contributed by atoms with Crippen LogP contribution in [0.15, 0.2) is 47.5 Å². The van der Waals surface area contributed by atoms with Crippen molar-refractivity contribution in [2.75, 3.05) is 7.05 Å². The first-order chi connectivity index (χ1) is 10.1. The molecule has 0 aliphatic heterocycles. The average Bonchev–Trinajstić information content (AvgIpc) is 2.48. The number of nitrogens with zero attached hydrogens (tertiary/aromatic N) is 1. The van der Waals surface area contributed by atoms with Gasteiger partial charge in [0.25, 0.3) is 0 Å². The average molecular weight is 284 g/mol. The van der Waals surface area contributed by atoms with Crippen LogP contribution in [-0.2, 0) is 0 Å². The molecule has 0 atom stereocenters. The molecule has 0 bridgehead atoms. The Morgan fingerprint density at radius 2 is 2.05 bits per heavy atom. The molecular formula is C16H16N2O3. The molecule has 0 aliphatic rings. The van der Waals surface area contributed by atoms with Crippen molar-refractivity contribution in [3.63, 3.8) is 0 Å². The van der Waals surface area contributed by atoms with Crippen molar-refractivity contribution in [3.05, 3.63) is 53.6 Å². The number of aliphatic imine (C=N–C) groups is 1. The molecular weight excluding hydrogens is 268 g/mol. The van der Waals surface area contributed by atoms with Crippen LogP contribution in [0.2, 0.25) is 0 Å². The number of aryl methyl sites for hydroxylation is 1. The quantitative estimate of drug-likeness (QED) is 0.850. The molecule has 0 aliphatic carbocycles. The minimum Gasteiger partial charge on any atom is -0.507 e. The molecule has 5 nitrogen and oxygen atoms in total. The minimum atomic E-state index is -0.514. The van der Waals surface area contributed by atoms with Crippen molar-refractivity contribution >= 4 is 18.0 Å². The Morgan fingerprint density at radius 1 is 1.29 bits per heavy atom. The van der Waals surface area contributed by atoms with Crippen LogP contribution in [0, 0.1) is 6.92 Å². The van der Waals surface area contributed by atoms with Crippen LogP contribution in [-0.4, -0.2) is 24.5 Å². The predicted octanol–water partition coefficient (Wildman–Crippen LogP) is 3.17. The smallest absolute Gasteiger partial charge is 0.412 e. The molecule has 0 heterocycles. The highest BCUT2D eigenvalue weighted by molar-refractivity contribution is 5.85. The van der Waals surface area contributed by atoms with Crippen molar-refractivity contribution in [2.45, 2.75) is 6.92 Å². The summed E-state index contributed by atoms with van der Waals surface area (Å²) >= 11 is 0. The third kappa shape index (κ3) is 3.82. The third-order valence-electron chi connectivity index (χ3n) is 2.86. The van der Waals surface area contributed by atoms with Gasteiger partial charge in [-0.2, -0.15) is 0 Å². The molecule has 0 aromatic heterocycles.